The fraction of sp³-hybridized carbons (Fsp3) is 0.389. The first kappa shape index (κ1) is 19.5. The van der Waals surface area contributed by atoms with E-state index in [1.165, 1.54) is 7.11 Å². The number of aliphatic carboxylic acids is 1. The van der Waals surface area contributed by atoms with Gasteiger partial charge in [-0.15, -0.1) is 0 Å². The topological polar surface area (TPSA) is 103 Å². The van der Waals surface area contributed by atoms with E-state index in [9.17, 15) is 9.59 Å². The molecular weight excluding hydrogens is 338 g/mol. The molecule has 140 valence electrons. The molecular formula is C18H23N3O5. The Labute approximate surface area is 151 Å². The number of ether oxygens (including phenoxy) is 2. The van der Waals surface area contributed by atoms with Crippen molar-refractivity contribution in [2.45, 2.75) is 25.8 Å². The van der Waals surface area contributed by atoms with Gasteiger partial charge in [-0.1, -0.05) is 6.07 Å². The summed E-state index contributed by atoms with van der Waals surface area (Å²) in [5.41, 5.74) is 0.858. The molecule has 0 fully saturated rings. The first-order valence-electron chi connectivity index (χ1n) is 8.02. The van der Waals surface area contributed by atoms with Gasteiger partial charge in [0.15, 0.2) is 5.69 Å². The number of carbonyl (C=O) groups excluding carboxylic acids is 1. The molecule has 1 atom stereocenters. The van der Waals surface area contributed by atoms with Crippen molar-refractivity contribution in [1.82, 2.24) is 15.1 Å². The van der Waals surface area contributed by atoms with Crippen molar-refractivity contribution >= 4 is 11.9 Å². The van der Waals surface area contributed by atoms with Crippen LogP contribution in [-0.2, 0) is 9.53 Å². The molecule has 0 radical (unpaired) electrons. The van der Waals surface area contributed by atoms with Crippen LogP contribution < -0.4 is 10.1 Å². The molecule has 0 saturated carbocycles. The van der Waals surface area contributed by atoms with Crippen molar-refractivity contribution in [3.05, 3.63) is 41.7 Å². The number of rotatable bonds is 8. The predicted octanol–water partition coefficient (Wildman–Crippen LogP) is 1.80. The Morgan fingerprint density at radius 3 is 2.65 bits per heavy atom. The average Bonchev–Trinajstić information content (AvgIpc) is 3.04. The van der Waals surface area contributed by atoms with Gasteiger partial charge in [0.2, 0.25) is 0 Å². The van der Waals surface area contributed by atoms with Crippen LogP contribution in [0, 0.1) is 6.92 Å². The third-order valence-electron chi connectivity index (χ3n) is 3.82. The van der Waals surface area contributed by atoms with Gasteiger partial charge in [0.25, 0.3) is 5.91 Å². The summed E-state index contributed by atoms with van der Waals surface area (Å²) >= 11 is 0. The normalized spacial score (nSPS) is 13.1. The molecule has 2 N–H and O–H groups in total. The van der Waals surface area contributed by atoms with Crippen molar-refractivity contribution in [3.8, 4) is 11.4 Å². The predicted molar refractivity (Wildman–Crippen MR) is 94.9 cm³/mol. The minimum absolute atomic E-state index is 0.0669. The first-order valence-corrected chi connectivity index (χ1v) is 8.02. The first-order chi connectivity index (χ1) is 12.3. The van der Waals surface area contributed by atoms with E-state index in [0.717, 1.165) is 5.56 Å². The highest BCUT2D eigenvalue weighted by molar-refractivity contribution is 5.93. The molecule has 0 aliphatic carbocycles. The third-order valence-corrected chi connectivity index (χ3v) is 3.82. The maximum Gasteiger partial charge on any atom is 0.305 e. The third kappa shape index (κ3) is 4.60. The second-order valence-electron chi connectivity index (χ2n) is 6.34. The summed E-state index contributed by atoms with van der Waals surface area (Å²) in [5, 5.41) is 16.0. The van der Waals surface area contributed by atoms with E-state index in [4.69, 9.17) is 14.6 Å². The van der Waals surface area contributed by atoms with Gasteiger partial charge in [-0.25, -0.2) is 4.68 Å². The second-order valence-corrected chi connectivity index (χ2v) is 6.34. The Bertz CT molecular complexity index is 802. The molecule has 1 aromatic carbocycles. The zero-order valence-electron chi connectivity index (χ0n) is 15.3. The zero-order chi connectivity index (χ0) is 19.3. The van der Waals surface area contributed by atoms with Gasteiger partial charge in [-0.3, -0.25) is 9.59 Å². The maximum atomic E-state index is 12.5. The monoisotopic (exact) mass is 361 g/mol. The van der Waals surface area contributed by atoms with E-state index in [0.29, 0.717) is 11.4 Å². The fourth-order valence-electron chi connectivity index (χ4n) is 2.68. The standard InChI is InChI=1S/C18H23N3O5/c1-12-5-6-15(26-4)14(9-12)21-8-7-13(20-21)17(24)19-18(2,11-25-3)10-16(22)23/h5-9H,10-11H2,1-4H3,(H,19,24)(H,22,23). The molecule has 1 amide bonds. The highest BCUT2D eigenvalue weighted by Gasteiger charge is 2.30. The van der Waals surface area contributed by atoms with Crippen LogP contribution in [0.25, 0.3) is 5.69 Å². The number of carboxylic acid groups (broad SMARTS) is 1. The quantitative estimate of drug-likeness (QED) is 0.743. The number of carbonyl (C=O) groups is 2. The number of carboxylic acids is 1. The number of hydrogen-bond acceptors (Lipinski definition) is 5. The molecule has 8 heteroatoms. The van der Waals surface area contributed by atoms with Crippen LogP contribution in [0.2, 0.25) is 0 Å². The SMILES string of the molecule is COCC(C)(CC(=O)O)NC(=O)c1ccn(-c2cc(C)ccc2OC)n1. The van der Waals surface area contributed by atoms with Crippen molar-refractivity contribution in [3.63, 3.8) is 0 Å². The van der Waals surface area contributed by atoms with E-state index in [2.05, 4.69) is 10.4 Å². The van der Waals surface area contributed by atoms with E-state index in [-0.39, 0.29) is 18.7 Å². The molecule has 2 rings (SSSR count). The lowest BCUT2D eigenvalue weighted by atomic mass is 9.99. The van der Waals surface area contributed by atoms with Gasteiger partial charge >= 0.3 is 5.97 Å². The number of nitrogens with zero attached hydrogens (tertiary/aromatic N) is 2. The summed E-state index contributed by atoms with van der Waals surface area (Å²) in [6, 6.07) is 7.20. The van der Waals surface area contributed by atoms with Gasteiger partial charge in [0, 0.05) is 13.3 Å². The fourth-order valence-corrected chi connectivity index (χ4v) is 2.68. The van der Waals surface area contributed by atoms with Crippen molar-refractivity contribution in [1.29, 1.82) is 0 Å². The molecule has 1 heterocycles. The number of methoxy groups -OCH3 is 2. The average molecular weight is 361 g/mol. The Balaban J connectivity index is 2.25. The molecule has 0 spiro atoms. The Hall–Kier alpha value is -2.87. The van der Waals surface area contributed by atoms with Crippen LogP contribution in [-0.4, -0.2) is 53.1 Å². The van der Waals surface area contributed by atoms with Gasteiger partial charge in [0.1, 0.15) is 11.4 Å². The van der Waals surface area contributed by atoms with Gasteiger partial charge < -0.3 is 19.9 Å². The largest absolute Gasteiger partial charge is 0.494 e. The lowest BCUT2D eigenvalue weighted by Gasteiger charge is -2.28. The van der Waals surface area contributed by atoms with Crippen LogP contribution in [0.1, 0.15) is 29.4 Å². The lowest BCUT2D eigenvalue weighted by molar-refractivity contribution is -0.139. The molecule has 2 aromatic rings. The summed E-state index contributed by atoms with van der Waals surface area (Å²) in [6.45, 7) is 3.63. The smallest absolute Gasteiger partial charge is 0.305 e. The lowest BCUT2D eigenvalue weighted by Crippen LogP contribution is -2.50. The summed E-state index contributed by atoms with van der Waals surface area (Å²) in [4.78, 5) is 23.6. The number of aryl methyl sites for hydroxylation is 1. The van der Waals surface area contributed by atoms with Crippen molar-refractivity contribution in [2.75, 3.05) is 20.8 Å². The number of amides is 1. The molecule has 1 unspecified atom stereocenters. The summed E-state index contributed by atoms with van der Waals surface area (Å²) < 4.78 is 11.9. The van der Waals surface area contributed by atoms with Gasteiger partial charge in [-0.05, 0) is 37.6 Å². The van der Waals surface area contributed by atoms with Crippen molar-refractivity contribution in [2.24, 2.45) is 0 Å². The van der Waals surface area contributed by atoms with Crippen LogP contribution >= 0.6 is 0 Å². The van der Waals surface area contributed by atoms with Gasteiger partial charge in [0.05, 0.1) is 25.7 Å². The van der Waals surface area contributed by atoms with E-state index in [1.54, 1.807) is 31.0 Å². The molecule has 0 aliphatic rings. The second kappa shape index (κ2) is 8.01. The van der Waals surface area contributed by atoms with E-state index < -0.39 is 17.4 Å². The highest BCUT2D eigenvalue weighted by atomic mass is 16.5. The minimum atomic E-state index is -1.04. The Morgan fingerprint density at radius 2 is 2.04 bits per heavy atom. The van der Waals surface area contributed by atoms with Crippen LogP contribution in [0.15, 0.2) is 30.5 Å². The molecule has 0 bridgehead atoms. The van der Waals surface area contributed by atoms with E-state index >= 15 is 0 Å². The summed E-state index contributed by atoms with van der Waals surface area (Å²) in [7, 11) is 3.01. The number of hydrogen-bond donors (Lipinski definition) is 2. The molecule has 8 nitrogen and oxygen atoms in total. The van der Waals surface area contributed by atoms with Crippen LogP contribution in [0.5, 0.6) is 5.75 Å². The zero-order valence-corrected chi connectivity index (χ0v) is 15.3. The van der Waals surface area contributed by atoms with Crippen LogP contribution in [0.3, 0.4) is 0 Å². The Kier molecular flexibility index (Phi) is 5.99. The number of aromatic nitrogens is 2. The summed E-state index contributed by atoms with van der Waals surface area (Å²) in [6.07, 6.45) is 1.38. The molecule has 0 saturated heterocycles. The maximum absolute atomic E-state index is 12.5. The van der Waals surface area contributed by atoms with Gasteiger partial charge in [-0.2, -0.15) is 5.10 Å². The molecule has 1 aromatic heterocycles. The molecule has 26 heavy (non-hydrogen) atoms. The Morgan fingerprint density at radius 1 is 1.31 bits per heavy atom. The number of benzene rings is 1. The molecule has 0 aliphatic heterocycles. The van der Waals surface area contributed by atoms with Crippen molar-refractivity contribution < 1.29 is 24.2 Å². The minimum Gasteiger partial charge on any atom is -0.494 e. The van der Waals surface area contributed by atoms with Crippen LogP contribution in [0.4, 0.5) is 0 Å². The summed E-state index contributed by atoms with van der Waals surface area (Å²) in [5.74, 6) is -0.878. The highest BCUT2D eigenvalue weighted by Crippen LogP contribution is 2.23. The number of nitrogens with one attached hydrogen (secondary N) is 1. The van der Waals surface area contributed by atoms with E-state index in [1.807, 2.05) is 25.1 Å².